The molecule has 0 aliphatic rings. The van der Waals surface area contributed by atoms with Crippen molar-refractivity contribution in [2.45, 2.75) is 0 Å². The predicted octanol–water partition coefficient (Wildman–Crippen LogP) is 15.8. The van der Waals surface area contributed by atoms with Gasteiger partial charge in [-0.15, -0.1) is 11.3 Å². The summed E-state index contributed by atoms with van der Waals surface area (Å²) in [5, 5.41) is 5.09. The Kier molecular flexibility index (Phi) is 8.23. The summed E-state index contributed by atoms with van der Waals surface area (Å²) in [7, 11) is 0. The van der Waals surface area contributed by atoms with Crippen LogP contribution in [-0.4, -0.2) is 4.57 Å². The highest BCUT2D eigenvalue weighted by molar-refractivity contribution is 7.25. The minimum atomic E-state index is -0.235. The second kappa shape index (κ2) is 14.0. The SMILES string of the molecule is Fc1ccc(-c2ccc(N(c3ccc(-c4ccc5c(c4)sc4ccccc45)cc3)c3ccc(-c4ccc5c(c4)c4ccccc4n5-c4ccccc4)cc3)cc2)cc1. The van der Waals surface area contributed by atoms with Gasteiger partial charge in [0.05, 0.1) is 11.0 Å². The van der Waals surface area contributed by atoms with E-state index in [9.17, 15) is 4.39 Å². The van der Waals surface area contributed by atoms with Crippen molar-refractivity contribution in [1.29, 1.82) is 0 Å². The van der Waals surface area contributed by atoms with Crippen molar-refractivity contribution >= 4 is 70.4 Å². The molecule has 58 heavy (non-hydrogen) atoms. The normalized spacial score (nSPS) is 11.5. The summed E-state index contributed by atoms with van der Waals surface area (Å²) in [5.41, 5.74) is 13.4. The van der Waals surface area contributed by atoms with Crippen LogP contribution in [0.5, 0.6) is 0 Å². The van der Waals surface area contributed by atoms with Crippen molar-refractivity contribution < 1.29 is 4.39 Å². The fourth-order valence-electron chi connectivity index (χ4n) is 8.41. The Morgan fingerprint density at radius 2 is 0.810 bits per heavy atom. The second-order valence-corrected chi connectivity index (χ2v) is 15.8. The van der Waals surface area contributed by atoms with Crippen LogP contribution >= 0.6 is 11.3 Å². The average molecular weight is 763 g/mol. The minimum absolute atomic E-state index is 0.235. The topological polar surface area (TPSA) is 8.17 Å². The molecule has 0 saturated carbocycles. The van der Waals surface area contributed by atoms with Crippen molar-refractivity contribution in [2.75, 3.05) is 4.90 Å². The van der Waals surface area contributed by atoms with Crippen LogP contribution in [0.3, 0.4) is 0 Å². The molecule has 2 heterocycles. The number of aromatic nitrogens is 1. The molecule has 2 nitrogen and oxygen atoms in total. The Balaban J connectivity index is 0.965. The highest BCUT2D eigenvalue weighted by Crippen LogP contribution is 2.41. The minimum Gasteiger partial charge on any atom is -0.311 e. The molecule has 0 aliphatic carbocycles. The molecule has 0 unspecified atom stereocenters. The van der Waals surface area contributed by atoms with Crippen LogP contribution in [0.4, 0.5) is 21.5 Å². The van der Waals surface area contributed by atoms with E-state index in [1.807, 2.05) is 23.5 Å². The number of rotatable bonds is 7. The summed E-state index contributed by atoms with van der Waals surface area (Å²) in [6, 6.07) is 74.4. The Labute approximate surface area is 339 Å². The van der Waals surface area contributed by atoms with E-state index >= 15 is 0 Å². The maximum Gasteiger partial charge on any atom is 0.123 e. The smallest absolute Gasteiger partial charge is 0.123 e. The number of nitrogens with zero attached hydrogens (tertiary/aromatic N) is 2. The number of hydrogen-bond donors (Lipinski definition) is 0. The van der Waals surface area contributed by atoms with Crippen LogP contribution in [0.2, 0.25) is 0 Å². The first-order valence-electron chi connectivity index (χ1n) is 19.5. The second-order valence-electron chi connectivity index (χ2n) is 14.7. The molecule has 0 radical (unpaired) electrons. The number of fused-ring (bicyclic) bond motifs is 6. The van der Waals surface area contributed by atoms with Crippen LogP contribution in [0.15, 0.2) is 212 Å². The predicted molar refractivity (Wildman–Crippen MR) is 245 cm³/mol. The van der Waals surface area contributed by atoms with Gasteiger partial charge >= 0.3 is 0 Å². The molecule has 0 amide bonds. The number of benzene rings is 9. The number of halogens is 1. The molecule has 0 bridgehead atoms. The first-order valence-corrected chi connectivity index (χ1v) is 20.3. The van der Waals surface area contributed by atoms with Crippen LogP contribution in [0.25, 0.3) is 81.0 Å². The maximum absolute atomic E-state index is 13.7. The molecule has 0 spiro atoms. The van der Waals surface area contributed by atoms with Gasteiger partial charge in [0.25, 0.3) is 0 Å². The number of para-hydroxylation sites is 2. The van der Waals surface area contributed by atoms with Gasteiger partial charge in [-0.3, -0.25) is 0 Å². The first kappa shape index (κ1) is 34.0. The molecule has 274 valence electrons. The highest BCUT2D eigenvalue weighted by atomic mass is 32.1. The van der Waals surface area contributed by atoms with E-state index in [4.69, 9.17) is 0 Å². The number of hydrogen-bond acceptors (Lipinski definition) is 2. The lowest BCUT2D eigenvalue weighted by Gasteiger charge is -2.26. The summed E-state index contributed by atoms with van der Waals surface area (Å²) in [6.07, 6.45) is 0. The third-order valence-corrected chi connectivity index (χ3v) is 12.4. The number of anilines is 3. The Bertz CT molecular complexity index is 3250. The molecule has 0 saturated heterocycles. The molecule has 0 fully saturated rings. The molecule has 0 N–H and O–H groups in total. The molecule has 0 atom stereocenters. The van der Waals surface area contributed by atoms with Gasteiger partial charge in [-0.25, -0.2) is 4.39 Å². The Morgan fingerprint density at radius 1 is 0.345 bits per heavy atom. The molecular formula is C54H35FN2S. The Hall–Kier alpha value is -7.27. The van der Waals surface area contributed by atoms with Gasteiger partial charge in [-0.05, 0) is 124 Å². The molecule has 4 heteroatoms. The van der Waals surface area contributed by atoms with Gasteiger partial charge in [0.15, 0.2) is 0 Å². The summed E-state index contributed by atoms with van der Waals surface area (Å²) in [5.74, 6) is -0.235. The van der Waals surface area contributed by atoms with E-state index in [1.165, 1.54) is 70.8 Å². The van der Waals surface area contributed by atoms with Crippen molar-refractivity contribution in [3.63, 3.8) is 0 Å². The van der Waals surface area contributed by atoms with E-state index in [-0.39, 0.29) is 5.82 Å². The molecule has 0 aliphatic heterocycles. The lowest BCUT2D eigenvalue weighted by Crippen LogP contribution is -2.09. The quantitative estimate of drug-likeness (QED) is 0.157. The van der Waals surface area contributed by atoms with Crippen LogP contribution < -0.4 is 4.90 Å². The highest BCUT2D eigenvalue weighted by Gasteiger charge is 2.16. The fourth-order valence-corrected chi connectivity index (χ4v) is 9.56. The maximum atomic E-state index is 13.7. The largest absolute Gasteiger partial charge is 0.311 e. The van der Waals surface area contributed by atoms with Crippen LogP contribution in [-0.2, 0) is 0 Å². The summed E-state index contributed by atoms with van der Waals surface area (Å²) >= 11 is 1.85. The summed E-state index contributed by atoms with van der Waals surface area (Å²) in [4.78, 5) is 2.30. The third kappa shape index (κ3) is 5.94. The zero-order valence-electron chi connectivity index (χ0n) is 31.4. The molecule has 9 aromatic carbocycles. The zero-order chi connectivity index (χ0) is 38.6. The van der Waals surface area contributed by atoms with Crippen LogP contribution in [0, 0.1) is 5.82 Å². The van der Waals surface area contributed by atoms with Crippen molar-refractivity contribution in [3.8, 4) is 39.1 Å². The lowest BCUT2D eigenvalue weighted by atomic mass is 10.0. The van der Waals surface area contributed by atoms with E-state index < -0.39 is 0 Å². The van der Waals surface area contributed by atoms with Gasteiger partial charge in [-0.1, -0.05) is 121 Å². The fraction of sp³-hybridized carbons (Fsp3) is 0. The summed E-state index contributed by atoms with van der Waals surface area (Å²) < 4.78 is 18.7. The number of thiophene rings is 1. The van der Waals surface area contributed by atoms with Crippen molar-refractivity contribution in [2.24, 2.45) is 0 Å². The molecular weight excluding hydrogens is 728 g/mol. The molecule has 11 rings (SSSR count). The standard InChI is InChI=1S/C54H35FN2S/c55-42-24-14-36(15-25-42)37-16-26-44(27-17-37)56(46-30-20-39(21-31-46)41-22-32-49-48-11-5-7-13-53(48)58-54(49)35-41)45-28-18-38(19-29-45)40-23-33-52-50(34-40)47-10-4-6-12-51(47)57(52)43-8-2-1-3-9-43/h1-35H. The van der Waals surface area contributed by atoms with Crippen LogP contribution in [0.1, 0.15) is 0 Å². The zero-order valence-corrected chi connectivity index (χ0v) is 32.2. The van der Waals surface area contributed by atoms with Gasteiger partial charge < -0.3 is 9.47 Å². The van der Waals surface area contributed by atoms with Crippen molar-refractivity contribution in [1.82, 2.24) is 4.57 Å². The van der Waals surface area contributed by atoms with Gasteiger partial charge in [0.1, 0.15) is 5.82 Å². The summed E-state index contributed by atoms with van der Waals surface area (Å²) in [6.45, 7) is 0. The monoisotopic (exact) mass is 762 g/mol. The van der Waals surface area contributed by atoms with Gasteiger partial charge in [0, 0.05) is 53.7 Å². The van der Waals surface area contributed by atoms with Crippen molar-refractivity contribution in [3.05, 3.63) is 218 Å². The first-order chi connectivity index (χ1) is 28.6. The van der Waals surface area contributed by atoms with E-state index in [0.29, 0.717) is 0 Å². The average Bonchev–Trinajstić information content (AvgIpc) is 3.83. The van der Waals surface area contributed by atoms with Gasteiger partial charge in [-0.2, -0.15) is 0 Å². The molecule has 2 aromatic heterocycles. The van der Waals surface area contributed by atoms with E-state index in [0.717, 1.165) is 39.4 Å². The van der Waals surface area contributed by atoms with E-state index in [1.54, 1.807) is 0 Å². The van der Waals surface area contributed by atoms with E-state index in [2.05, 4.69) is 198 Å². The Morgan fingerprint density at radius 3 is 1.47 bits per heavy atom. The lowest BCUT2D eigenvalue weighted by molar-refractivity contribution is 0.628. The van der Waals surface area contributed by atoms with Gasteiger partial charge in [0.2, 0.25) is 0 Å². The third-order valence-electron chi connectivity index (χ3n) is 11.3. The molecule has 11 aromatic rings.